The Bertz CT molecular complexity index is 368. The predicted molar refractivity (Wildman–Crippen MR) is 57.5 cm³/mol. The van der Waals surface area contributed by atoms with E-state index in [1.54, 1.807) is 0 Å². The van der Waals surface area contributed by atoms with E-state index in [-0.39, 0.29) is 18.3 Å². The first kappa shape index (κ1) is 11.0. The second-order valence-corrected chi connectivity index (χ2v) is 3.63. The molecule has 14 heavy (non-hydrogen) atoms. The standard InChI is InChI=1S/C11H12N2.ClH/c1-8-5-9-3-2-4-10(6-12)11(9)13-7-8;/h5,7,10H,2-4H2,1H3;1H. The van der Waals surface area contributed by atoms with Crippen LogP contribution in [-0.4, -0.2) is 4.98 Å². The van der Waals surface area contributed by atoms with Gasteiger partial charge in [0.15, 0.2) is 0 Å². The summed E-state index contributed by atoms with van der Waals surface area (Å²) in [7, 11) is 0. The summed E-state index contributed by atoms with van der Waals surface area (Å²) in [5.41, 5.74) is 3.48. The molecule has 0 aliphatic heterocycles. The number of fused-ring (bicyclic) bond motifs is 1. The molecule has 3 heteroatoms. The maximum absolute atomic E-state index is 8.92. The summed E-state index contributed by atoms with van der Waals surface area (Å²) < 4.78 is 0. The Morgan fingerprint density at radius 2 is 2.36 bits per heavy atom. The molecule has 1 aromatic rings. The molecule has 2 rings (SSSR count). The predicted octanol–water partition coefficient (Wildman–Crippen LogP) is 2.76. The van der Waals surface area contributed by atoms with Gasteiger partial charge in [-0.05, 0) is 37.3 Å². The van der Waals surface area contributed by atoms with Crippen molar-refractivity contribution in [2.75, 3.05) is 0 Å². The zero-order valence-corrected chi connectivity index (χ0v) is 8.97. The van der Waals surface area contributed by atoms with E-state index in [4.69, 9.17) is 5.26 Å². The molecule has 74 valence electrons. The average molecular weight is 209 g/mol. The Morgan fingerprint density at radius 1 is 1.57 bits per heavy atom. The van der Waals surface area contributed by atoms with Crippen molar-refractivity contribution < 1.29 is 0 Å². The van der Waals surface area contributed by atoms with Crippen LogP contribution in [0.25, 0.3) is 0 Å². The maximum atomic E-state index is 8.92. The number of pyridine rings is 1. The summed E-state index contributed by atoms with van der Waals surface area (Å²) >= 11 is 0. The van der Waals surface area contributed by atoms with Crippen LogP contribution in [0.4, 0.5) is 0 Å². The minimum absolute atomic E-state index is 0. The molecular weight excluding hydrogens is 196 g/mol. The SMILES string of the molecule is Cc1cnc2c(c1)CCCC2C#N.Cl. The Kier molecular flexibility index (Phi) is 3.49. The van der Waals surface area contributed by atoms with E-state index in [9.17, 15) is 0 Å². The summed E-state index contributed by atoms with van der Waals surface area (Å²) in [6.45, 7) is 2.04. The van der Waals surface area contributed by atoms with Crippen LogP contribution in [-0.2, 0) is 6.42 Å². The molecule has 0 N–H and O–H groups in total. The van der Waals surface area contributed by atoms with Crippen molar-refractivity contribution in [1.82, 2.24) is 4.98 Å². The highest BCUT2D eigenvalue weighted by Gasteiger charge is 2.20. The lowest BCUT2D eigenvalue weighted by Gasteiger charge is -2.19. The molecule has 1 aromatic heterocycles. The van der Waals surface area contributed by atoms with Crippen LogP contribution in [0.15, 0.2) is 12.3 Å². The summed E-state index contributed by atoms with van der Waals surface area (Å²) in [6, 6.07) is 4.48. The molecule has 0 amide bonds. The van der Waals surface area contributed by atoms with E-state index in [1.807, 2.05) is 13.1 Å². The third-order valence-electron chi connectivity index (χ3n) is 2.56. The summed E-state index contributed by atoms with van der Waals surface area (Å²) in [4.78, 5) is 4.35. The van der Waals surface area contributed by atoms with Gasteiger partial charge in [0.2, 0.25) is 0 Å². The van der Waals surface area contributed by atoms with Gasteiger partial charge in [0.1, 0.15) is 0 Å². The van der Waals surface area contributed by atoms with Crippen molar-refractivity contribution in [3.63, 3.8) is 0 Å². The Hall–Kier alpha value is -1.07. The highest BCUT2D eigenvalue weighted by molar-refractivity contribution is 5.85. The van der Waals surface area contributed by atoms with Gasteiger partial charge in [-0.1, -0.05) is 6.07 Å². The number of rotatable bonds is 0. The monoisotopic (exact) mass is 208 g/mol. The van der Waals surface area contributed by atoms with E-state index in [1.165, 1.54) is 11.1 Å². The van der Waals surface area contributed by atoms with Crippen LogP contribution in [0.3, 0.4) is 0 Å². The molecule has 0 saturated carbocycles. The van der Waals surface area contributed by atoms with E-state index < -0.39 is 0 Å². The molecule has 1 atom stereocenters. The molecule has 0 aromatic carbocycles. The number of aryl methyl sites for hydroxylation is 2. The molecule has 1 unspecified atom stereocenters. The first-order chi connectivity index (χ1) is 6.31. The molecule has 0 spiro atoms. The fraction of sp³-hybridized carbons (Fsp3) is 0.455. The van der Waals surface area contributed by atoms with Crippen molar-refractivity contribution in [3.05, 3.63) is 29.1 Å². The molecule has 0 radical (unpaired) electrons. The van der Waals surface area contributed by atoms with Gasteiger partial charge in [0.25, 0.3) is 0 Å². The van der Waals surface area contributed by atoms with Crippen LogP contribution in [0.1, 0.15) is 35.6 Å². The first-order valence-electron chi connectivity index (χ1n) is 4.66. The van der Waals surface area contributed by atoms with Gasteiger partial charge in [0.05, 0.1) is 17.7 Å². The third-order valence-corrected chi connectivity index (χ3v) is 2.56. The van der Waals surface area contributed by atoms with Gasteiger partial charge in [-0.25, -0.2) is 0 Å². The highest BCUT2D eigenvalue weighted by Crippen LogP contribution is 2.29. The summed E-state index contributed by atoms with van der Waals surface area (Å²) in [5, 5.41) is 8.92. The van der Waals surface area contributed by atoms with Crippen LogP contribution in [0.5, 0.6) is 0 Å². The lowest BCUT2D eigenvalue weighted by molar-refractivity contribution is 0.618. The summed E-state index contributed by atoms with van der Waals surface area (Å²) in [6.07, 6.45) is 5.03. The number of nitriles is 1. The quantitative estimate of drug-likeness (QED) is 0.658. The van der Waals surface area contributed by atoms with E-state index in [0.29, 0.717) is 0 Å². The van der Waals surface area contributed by atoms with E-state index in [2.05, 4.69) is 17.1 Å². The molecule has 2 nitrogen and oxygen atoms in total. The topological polar surface area (TPSA) is 36.7 Å². The van der Waals surface area contributed by atoms with Crippen molar-refractivity contribution in [1.29, 1.82) is 5.26 Å². The van der Waals surface area contributed by atoms with Gasteiger partial charge >= 0.3 is 0 Å². The Labute approximate surface area is 90.4 Å². The van der Waals surface area contributed by atoms with Gasteiger partial charge < -0.3 is 0 Å². The van der Waals surface area contributed by atoms with E-state index >= 15 is 0 Å². The van der Waals surface area contributed by atoms with Crippen molar-refractivity contribution >= 4 is 12.4 Å². The second-order valence-electron chi connectivity index (χ2n) is 3.63. The van der Waals surface area contributed by atoms with Gasteiger partial charge in [-0.15, -0.1) is 12.4 Å². The normalized spacial score (nSPS) is 19.0. The highest BCUT2D eigenvalue weighted by atomic mass is 35.5. The lowest BCUT2D eigenvalue weighted by atomic mass is 9.87. The Morgan fingerprint density at radius 3 is 3.07 bits per heavy atom. The number of hydrogen-bond acceptors (Lipinski definition) is 2. The van der Waals surface area contributed by atoms with Crippen LogP contribution < -0.4 is 0 Å². The molecule has 1 heterocycles. The molecule has 1 aliphatic rings. The fourth-order valence-electron chi connectivity index (χ4n) is 1.91. The van der Waals surface area contributed by atoms with Gasteiger partial charge in [-0.2, -0.15) is 5.26 Å². The first-order valence-corrected chi connectivity index (χ1v) is 4.66. The number of nitrogens with zero attached hydrogens (tertiary/aromatic N) is 2. The van der Waals surface area contributed by atoms with Gasteiger partial charge in [-0.3, -0.25) is 4.98 Å². The number of aromatic nitrogens is 1. The summed E-state index contributed by atoms with van der Waals surface area (Å²) in [5.74, 6) is 0.0318. The Balaban J connectivity index is 0.000000980. The zero-order chi connectivity index (χ0) is 9.26. The van der Waals surface area contributed by atoms with Crippen molar-refractivity contribution in [3.8, 4) is 6.07 Å². The largest absolute Gasteiger partial charge is 0.259 e. The minimum atomic E-state index is 0. The maximum Gasteiger partial charge on any atom is 0.0887 e. The smallest absolute Gasteiger partial charge is 0.0887 e. The van der Waals surface area contributed by atoms with E-state index in [0.717, 1.165) is 25.0 Å². The number of hydrogen-bond donors (Lipinski definition) is 0. The minimum Gasteiger partial charge on any atom is -0.259 e. The molecule has 1 aliphatic carbocycles. The molecule has 0 fully saturated rings. The lowest BCUT2D eigenvalue weighted by Crippen LogP contribution is -2.10. The zero-order valence-electron chi connectivity index (χ0n) is 8.16. The van der Waals surface area contributed by atoms with Gasteiger partial charge in [0, 0.05) is 6.20 Å². The van der Waals surface area contributed by atoms with Crippen molar-refractivity contribution in [2.24, 2.45) is 0 Å². The second kappa shape index (κ2) is 4.43. The molecule has 0 saturated heterocycles. The average Bonchev–Trinajstić information content (AvgIpc) is 2.16. The number of halogens is 1. The van der Waals surface area contributed by atoms with Crippen molar-refractivity contribution in [2.45, 2.75) is 32.1 Å². The fourth-order valence-corrected chi connectivity index (χ4v) is 1.91. The van der Waals surface area contributed by atoms with Crippen LogP contribution >= 0.6 is 12.4 Å². The van der Waals surface area contributed by atoms with Crippen LogP contribution in [0.2, 0.25) is 0 Å². The molecular formula is C11H13ClN2. The van der Waals surface area contributed by atoms with Crippen LogP contribution in [0, 0.1) is 18.3 Å². The third kappa shape index (κ3) is 1.88. The molecule has 0 bridgehead atoms.